The Kier molecular flexibility index (Phi) is 5.32. The highest BCUT2D eigenvalue weighted by Gasteiger charge is 2.35. The smallest absolute Gasteiger partial charge is 0.315 e. The summed E-state index contributed by atoms with van der Waals surface area (Å²) in [5.74, 6) is -1.97. The maximum atomic E-state index is 13.8. The fourth-order valence-corrected chi connectivity index (χ4v) is 3.41. The normalized spacial score (nSPS) is 15.4. The van der Waals surface area contributed by atoms with Gasteiger partial charge in [-0.15, -0.1) is 0 Å². The van der Waals surface area contributed by atoms with Crippen molar-refractivity contribution in [2.24, 2.45) is 0 Å². The monoisotopic (exact) mass is 404 g/mol. The van der Waals surface area contributed by atoms with Crippen LogP contribution in [-0.4, -0.2) is 33.2 Å². The number of aromatic hydroxyl groups is 1. The molecule has 1 N–H and O–H groups in total. The number of hydrogen-bond donors (Lipinski definition) is 1. The summed E-state index contributed by atoms with van der Waals surface area (Å²) in [6, 6.07) is 8.14. The Labute approximate surface area is 162 Å². The molecule has 0 aromatic heterocycles. The standard InChI is InChI=1S/C18H13FN2O6S/c1-27-14-7-10(6-13(16(14)22)21(25)26)8-15-17(23)20(18(24)28-15)9-11-4-2-3-5-12(11)19/h2-8,22H,9H2,1H3/b15-8+. The molecule has 28 heavy (non-hydrogen) atoms. The van der Waals surface area contributed by atoms with Crippen LogP contribution in [0.25, 0.3) is 6.08 Å². The number of phenolic OH excluding ortho intramolecular Hbond substituents is 1. The zero-order valence-corrected chi connectivity index (χ0v) is 15.2. The number of benzene rings is 2. The second kappa shape index (κ2) is 7.69. The Morgan fingerprint density at radius 1 is 1.32 bits per heavy atom. The number of nitro groups is 1. The van der Waals surface area contributed by atoms with Gasteiger partial charge < -0.3 is 9.84 Å². The molecule has 2 amide bonds. The summed E-state index contributed by atoms with van der Waals surface area (Å²) in [7, 11) is 1.23. The summed E-state index contributed by atoms with van der Waals surface area (Å²) < 4.78 is 18.7. The number of thioether (sulfide) groups is 1. The molecule has 0 spiro atoms. The molecule has 0 atom stereocenters. The van der Waals surface area contributed by atoms with Crippen molar-refractivity contribution in [2.45, 2.75) is 6.54 Å². The Morgan fingerprint density at radius 2 is 2.04 bits per heavy atom. The lowest BCUT2D eigenvalue weighted by molar-refractivity contribution is -0.386. The summed E-state index contributed by atoms with van der Waals surface area (Å²) in [6.45, 7) is -0.228. The van der Waals surface area contributed by atoms with Crippen LogP contribution in [0.4, 0.5) is 14.9 Å². The highest BCUT2D eigenvalue weighted by Crippen LogP contribution is 2.39. The summed E-state index contributed by atoms with van der Waals surface area (Å²) in [5.41, 5.74) is -0.220. The average Bonchev–Trinajstić information content (AvgIpc) is 2.91. The Balaban J connectivity index is 1.93. The number of halogens is 1. The molecule has 2 aromatic rings. The summed E-state index contributed by atoms with van der Waals surface area (Å²) in [5, 5.41) is 20.3. The predicted molar refractivity (Wildman–Crippen MR) is 99.2 cm³/mol. The molecule has 1 heterocycles. The van der Waals surface area contributed by atoms with Crippen molar-refractivity contribution in [3.8, 4) is 11.5 Å². The number of imide groups is 1. The highest BCUT2D eigenvalue weighted by atomic mass is 32.2. The third kappa shape index (κ3) is 3.67. The zero-order chi connectivity index (χ0) is 20.4. The first-order chi connectivity index (χ1) is 13.3. The van der Waals surface area contributed by atoms with Crippen LogP contribution in [-0.2, 0) is 11.3 Å². The Bertz CT molecular complexity index is 1020. The first-order valence-electron chi connectivity index (χ1n) is 7.86. The molecule has 1 aliphatic rings. The molecule has 0 aliphatic carbocycles. The van der Waals surface area contributed by atoms with Crippen LogP contribution >= 0.6 is 11.8 Å². The van der Waals surface area contributed by atoms with Gasteiger partial charge in [0, 0.05) is 11.6 Å². The number of hydrogen-bond acceptors (Lipinski definition) is 7. The van der Waals surface area contributed by atoms with E-state index in [2.05, 4.69) is 0 Å². The number of amides is 2. The van der Waals surface area contributed by atoms with Crippen molar-refractivity contribution in [1.29, 1.82) is 0 Å². The maximum absolute atomic E-state index is 13.8. The zero-order valence-electron chi connectivity index (χ0n) is 14.4. The van der Waals surface area contributed by atoms with Crippen LogP contribution in [0.3, 0.4) is 0 Å². The van der Waals surface area contributed by atoms with Gasteiger partial charge in [0.25, 0.3) is 11.1 Å². The van der Waals surface area contributed by atoms with Gasteiger partial charge in [0.1, 0.15) is 5.82 Å². The first-order valence-corrected chi connectivity index (χ1v) is 8.67. The van der Waals surface area contributed by atoms with Crippen LogP contribution in [0.1, 0.15) is 11.1 Å². The number of carbonyl (C=O) groups is 2. The molecular formula is C18H13FN2O6S. The molecule has 1 fully saturated rings. The number of carbonyl (C=O) groups excluding carboxylic acids is 2. The van der Waals surface area contributed by atoms with E-state index in [1.54, 1.807) is 6.07 Å². The largest absolute Gasteiger partial charge is 0.500 e. The van der Waals surface area contributed by atoms with Crippen molar-refractivity contribution in [3.05, 3.63) is 68.4 Å². The van der Waals surface area contributed by atoms with Crippen LogP contribution in [0.5, 0.6) is 11.5 Å². The number of methoxy groups -OCH3 is 1. The minimum atomic E-state index is -0.793. The van der Waals surface area contributed by atoms with E-state index < -0.39 is 33.3 Å². The molecule has 8 nitrogen and oxygen atoms in total. The molecule has 10 heteroatoms. The van der Waals surface area contributed by atoms with E-state index in [1.165, 1.54) is 37.5 Å². The molecule has 0 bridgehead atoms. The van der Waals surface area contributed by atoms with Crippen LogP contribution in [0.15, 0.2) is 41.3 Å². The average molecular weight is 404 g/mol. The van der Waals surface area contributed by atoms with E-state index in [-0.39, 0.29) is 28.3 Å². The SMILES string of the molecule is COc1cc(/C=C2/SC(=O)N(Cc3ccccc3F)C2=O)cc([N+](=O)[O-])c1O. The van der Waals surface area contributed by atoms with Gasteiger partial charge in [-0.25, -0.2) is 4.39 Å². The van der Waals surface area contributed by atoms with Gasteiger partial charge in [0.15, 0.2) is 5.75 Å². The minimum absolute atomic E-state index is 0.0170. The highest BCUT2D eigenvalue weighted by molar-refractivity contribution is 8.18. The number of rotatable bonds is 5. The van der Waals surface area contributed by atoms with Gasteiger partial charge in [0.2, 0.25) is 5.75 Å². The molecule has 0 radical (unpaired) electrons. The number of nitro benzene ring substituents is 1. The van der Waals surface area contributed by atoms with E-state index in [4.69, 9.17) is 4.74 Å². The third-order valence-electron chi connectivity index (χ3n) is 3.95. The van der Waals surface area contributed by atoms with E-state index in [1.807, 2.05) is 0 Å². The molecule has 1 saturated heterocycles. The molecule has 0 saturated carbocycles. The fraction of sp³-hybridized carbons (Fsp3) is 0.111. The summed E-state index contributed by atoms with van der Waals surface area (Å²) in [6.07, 6.45) is 1.28. The van der Waals surface area contributed by atoms with Crippen molar-refractivity contribution in [3.63, 3.8) is 0 Å². The topological polar surface area (TPSA) is 110 Å². The Morgan fingerprint density at radius 3 is 2.68 bits per heavy atom. The van der Waals surface area contributed by atoms with Crippen molar-refractivity contribution in [1.82, 2.24) is 4.90 Å². The van der Waals surface area contributed by atoms with Crippen molar-refractivity contribution in [2.75, 3.05) is 7.11 Å². The molecule has 3 rings (SSSR count). The number of nitrogens with zero attached hydrogens (tertiary/aromatic N) is 2. The van der Waals surface area contributed by atoms with E-state index >= 15 is 0 Å². The van der Waals surface area contributed by atoms with Gasteiger partial charge in [-0.1, -0.05) is 18.2 Å². The quantitative estimate of drug-likeness (QED) is 0.460. The summed E-state index contributed by atoms with van der Waals surface area (Å²) >= 11 is 0.637. The minimum Gasteiger partial charge on any atom is -0.500 e. The number of phenols is 1. The molecule has 2 aromatic carbocycles. The van der Waals surface area contributed by atoms with Crippen molar-refractivity contribution >= 4 is 34.7 Å². The van der Waals surface area contributed by atoms with Crippen LogP contribution in [0.2, 0.25) is 0 Å². The molecule has 1 aliphatic heterocycles. The lowest BCUT2D eigenvalue weighted by atomic mass is 10.1. The fourth-order valence-electron chi connectivity index (χ4n) is 2.58. The van der Waals surface area contributed by atoms with Crippen LogP contribution < -0.4 is 4.74 Å². The lowest BCUT2D eigenvalue weighted by Crippen LogP contribution is -2.27. The van der Waals surface area contributed by atoms with Gasteiger partial charge >= 0.3 is 5.69 Å². The summed E-state index contributed by atoms with van der Waals surface area (Å²) in [4.78, 5) is 35.9. The van der Waals surface area contributed by atoms with Gasteiger partial charge in [0.05, 0.1) is 23.5 Å². The predicted octanol–water partition coefficient (Wildman–Crippen LogP) is 3.68. The van der Waals surface area contributed by atoms with Crippen LogP contribution in [0, 0.1) is 15.9 Å². The van der Waals surface area contributed by atoms with Crippen molar-refractivity contribution < 1.29 is 28.7 Å². The van der Waals surface area contributed by atoms with E-state index in [0.29, 0.717) is 11.8 Å². The van der Waals surface area contributed by atoms with Gasteiger partial charge in [-0.05, 0) is 35.5 Å². The maximum Gasteiger partial charge on any atom is 0.315 e. The second-order valence-electron chi connectivity index (χ2n) is 5.71. The van der Waals surface area contributed by atoms with E-state index in [0.717, 1.165) is 11.0 Å². The second-order valence-corrected chi connectivity index (χ2v) is 6.70. The number of ether oxygens (including phenoxy) is 1. The first kappa shape index (κ1) is 19.4. The third-order valence-corrected chi connectivity index (χ3v) is 4.86. The Hall–Kier alpha value is -3.40. The van der Waals surface area contributed by atoms with Gasteiger partial charge in [-0.2, -0.15) is 0 Å². The molecular weight excluding hydrogens is 391 g/mol. The molecule has 0 unspecified atom stereocenters. The molecule has 144 valence electrons. The lowest BCUT2D eigenvalue weighted by Gasteiger charge is -2.12. The van der Waals surface area contributed by atoms with E-state index in [9.17, 15) is 29.2 Å². The van der Waals surface area contributed by atoms with Gasteiger partial charge in [-0.3, -0.25) is 24.6 Å².